The average Bonchev–Trinajstić information content (AvgIpc) is 2.67. The molecule has 1 rings (SSSR count). The molecule has 6 heteroatoms. The van der Waals surface area contributed by atoms with Gasteiger partial charge in [-0.3, -0.25) is 4.79 Å². The molecule has 0 unspecified atom stereocenters. The zero-order valence-corrected chi connectivity index (χ0v) is 9.46. The highest BCUT2D eigenvalue weighted by Gasteiger charge is 2.33. The fraction of sp³-hybridized carbons (Fsp3) is 0.545. The smallest absolute Gasteiger partial charge is 0.406 e. The summed E-state index contributed by atoms with van der Waals surface area (Å²) in [5.74, 6) is -0.167. The van der Waals surface area contributed by atoms with Crippen LogP contribution in [0.4, 0.5) is 13.2 Å². The van der Waals surface area contributed by atoms with E-state index in [0.717, 1.165) is 4.90 Å². The molecule has 0 aliphatic heterocycles. The number of hydrogen-bond donors (Lipinski definition) is 0. The summed E-state index contributed by atoms with van der Waals surface area (Å²) in [4.78, 5) is 12.3. The van der Waals surface area contributed by atoms with Gasteiger partial charge in [-0.05, 0) is 18.6 Å². The Kier molecular flexibility index (Phi) is 4.60. The zero-order valence-electron chi connectivity index (χ0n) is 9.46. The molecular weight excluding hydrogens is 235 g/mol. The Labute approximate surface area is 97.2 Å². The summed E-state index contributed by atoms with van der Waals surface area (Å²) in [5, 5.41) is 0. The number of carbonyl (C=O) groups is 1. The highest BCUT2D eigenvalue weighted by molar-refractivity contribution is 5.76. The maximum Gasteiger partial charge on any atom is 0.406 e. The summed E-state index contributed by atoms with van der Waals surface area (Å²) in [6.07, 6.45) is -2.40. The van der Waals surface area contributed by atoms with Crippen LogP contribution in [0.25, 0.3) is 0 Å². The lowest BCUT2D eigenvalue weighted by Gasteiger charge is -2.22. The van der Waals surface area contributed by atoms with E-state index in [-0.39, 0.29) is 13.0 Å². The van der Waals surface area contributed by atoms with Crippen molar-refractivity contribution in [2.45, 2.75) is 32.5 Å². The molecule has 0 aromatic carbocycles. The van der Waals surface area contributed by atoms with Gasteiger partial charge in [0.2, 0.25) is 5.91 Å². The standard InChI is InChI=1S/C11H14F3NO2/c1-2-4-10(16)15(8-11(12,13)14)7-9-5-3-6-17-9/h3,5-6H,2,4,7-8H2,1H3. The third kappa shape index (κ3) is 4.93. The Hall–Kier alpha value is -1.46. The van der Waals surface area contributed by atoms with Crippen LogP contribution in [-0.2, 0) is 11.3 Å². The maximum atomic E-state index is 12.3. The molecule has 3 nitrogen and oxygen atoms in total. The molecule has 0 spiro atoms. The molecule has 0 saturated heterocycles. The predicted molar refractivity (Wildman–Crippen MR) is 55.1 cm³/mol. The van der Waals surface area contributed by atoms with Crippen LogP contribution in [0, 0.1) is 0 Å². The quantitative estimate of drug-likeness (QED) is 0.803. The first-order valence-electron chi connectivity index (χ1n) is 5.29. The van der Waals surface area contributed by atoms with Crippen LogP contribution in [0.5, 0.6) is 0 Å². The summed E-state index contributed by atoms with van der Waals surface area (Å²) in [6.45, 7) is 0.356. The van der Waals surface area contributed by atoms with Crippen LogP contribution < -0.4 is 0 Å². The molecule has 0 aliphatic rings. The fourth-order valence-electron chi connectivity index (χ4n) is 1.41. The molecule has 1 aromatic rings. The molecular formula is C11H14F3NO2. The predicted octanol–water partition coefficient (Wildman–Crippen LogP) is 2.97. The van der Waals surface area contributed by atoms with Gasteiger partial charge < -0.3 is 9.32 Å². The van der Waals surface area contributed by atoms with E-state index in [4.69, 9.17) is 4.42 Å². The summed E-state index contributed by atoms with van der Waals surface area (Å²) in [5.41, 5.74) is 0. The second-order valence-corrected chi connectivity index (χ2v) is 3.69. The van der Waals surface area contributed by atoms with Crippen LogP contribution in [0.1, 0.15) is 25.5 Å². The lowest BCUT2D eigenvalue weighted by molar-refractivity contribution is -0.162. The molecule has 0 radical (unpaired) electrons. The third-order valence-corrected chi connectivity index (χ3v) is 2.11. The number of hydrogen-bond acceptors (Lipinski definition) is 2. The van der Waals surface area contributed by atoms with Gasteiger partial charge in [0.25, 0.3) is 0 Å². The van der Waals surface area contributed by atoms with Crippen molar-refractivity contribution >= 4 is 5.91 Å². The first-order chi connectivity index (χ1) is 7.92. The van der Waals surface area contributed by atoms with Crippen molar-refractivity contribution in [2.24, 2.45) is 0 Å². The van der Waals surface area contributed by atoms with Gasteiger partial charge >= 0.3 is 6.18 Å². The number of alkyl halides is 3. The Morgan fingerprint density at radius 2 is 2.18 bits per heavy atom. The Morgan fingerprint density at radius 3 is 2.65 bits per heavy atom. The molecule has 1 amide bonds. The topological polar surface area (TPSA) is 33.5 Å². The molecule has 96 valence electrons. The summed E-state index contributed by atoms with van der Waals surface area (Å²) < 4.78 is 41.9. The molecule has 0 aliphatic carbocycles. The minimum Gasteiger partial charge on any atom is -0.467 e. The number of amides is 1. The largest absolute Gasteiger partial charge is 0.467 e. The van der Waals surface area contributed by atoms with Crippen LogP contribution in [0.2, 0.25) is 0 Å². The van der Waals surface area contributed by atoms with E-state index in [9.17, 15) is 18.0 Å². The number of rotatable bonds is 5. The minimum absolute atomic E-state index is 0.108. The van der Waals surface area contributed by atoms with Gasteiger partial charge in [0, 0.05) is 6.42 Å². The molecule has 0 bridgehead atoms. The highest BCUT2D eigenvalue weighted by Crippen LogP contribution is 2.19. The van der Waals surface area contributed by atoms with Gasteiger partial charge in [-0.25, -0.2) is 0 Å². The Bertz CT molecular complexity index is 346. The van der Waals surface area contributed by atoms with Gasteiger partial charge in [0.1, 0.15) is 12.3 Å². The van der Waals surface area contributed by atoms with E-state index in [0.29, 0.717) is 12.2 Å². The van der Waals surface area contributed by atoms with Crippen molar-refractivity contribution in [1.29, 1.82) is 0 Å². The summed E-state index contributed by atoms with van der Waals surface area (Å²) in [6, 6.07) is 3.12. The lowest BCUT2D eigenvalue weighted by Crippen LogP contribution is -2.38. The summed E-state index contributed by atoms with van der Waals surface area (Å²) in [7, 11) is 0. The molecule has 0 fully saturated rings. The Balaban J connectivity index is 2.68. The minimum atomic E-state index is -4.39. The molecule has 1 heterocycles. The van der Waals surface area contributed by atoms with E-state index in [1.54, 1.807) is 19.1 Å². The second kappa shape index (κ2) is 5.75. The van der Waals surface area contributed by atoms with Crippen molar-refractivity contribution in [3.05, 3.63) is 24.2 Å². The zero-order chi connectivity index (χ0) is 12.9. The number of furan rings is 1. The van der Waals surface area contributed by atoms with Crippen molar-refractivity contribution in [1.82, 2.24) is 4.90 Å². The first kappa shape index (κ1) is 13.6. The monoisotopic (exact) mass is 249 g/mol. The van der Waals surface area contributed by atoms with Gasteiger partial charge in [-0.15, -0.1) is 0 Å². The molecule has 0 saturated carbocycles. The average molecular weight is 249 g/mol. The number of carbonyl (C=O) groups excluding carboxylic acids is 1. The maximum absolute atomic E-state index is 12.3. The van der Waals surface area contributed by atoms with Crippen molar-refractivity contribution in [3.8, 4) is 0 Å². The van der Waals surface area contributed by atoms with Gasteiger partial charge in [-0.2, -0.15) is 13.2 Å². The lowest BCUT2D eigenvalue weighted by atomic mass is 10.3. The van der Waals surface area contributed by atoms with Gasteiger partial charge in [0.05, 0.1) is 12.8 Å². The van der Waals surface area contributed by atoms with E-state index < -0.39 is 18.6 Å². The van der Waals surface area contributed by atoms with Crippen molar-refractivity contribution in [2.75, 3.05) is 6.54 Å². The summed E-state index contributed by atoms with van der Waals surface area (Å²) >= 11 is 0. The van der Waals surface area contributed by atoms with Crippen LogP contribution in [0.15, 0.2) is 22.8 Å². The van der Waals surface area contributed by atoms with Crippen molar-refractivity contribution in [3.63, 3.8) is 0 Å². The van der Waals surface area contributed by atoms with E-state index in [1.165, 1.54) is 6.26 Å². The number of halogens is 3. The van der Waals surface area contributed by atoms with Crippen LogP contribution in [-0.4, -0.2) is 23.5 Å². The van der Waals surface area contributed by atoms with E-state index in [1.807, 2.05) is 0 Å². The van der Waals surface area contributed by atoms with Crippen molar-refractivity contribution < 1.29 is 22.4 Å². The fourth-order valence-corrected chi connectivity index (χ4v) is 1.41. The molecule has 0 N–H and O–H groups in total. The van der Waals surface area contributed by atoms with Crippen LogP contribution in [0.3, 0.4) is 0 Å². The van der Waals surface area contributed by atoms with Gasteiger partial charge in [-0.1, -0.05) is 6.92 Å². The number of nitrogens with zero attached hydrogens (tertiary/aromatic N) is 1. The van der Waals surface area contributed by atoms with E-state index in [2.05, 4.69) is 0 Å². The molecule has 0 atom stereocenters. The normalized spacial score (nSPS) is 11.5. The second-order valence-electron chi connectivity index (χ2n) is 3.69. The Morgan fingerprint density at radius 1 is 1.47 bits per heavy atom. The van der Waals surface area contributed by atoms with Crippen LogP contribution >= 0.6 is 0 Å². The first-order valence-corrected chi connectivity index (χ1v) is 5.29. The van der Waals surface area contributed by atoms with Gasteiger partial charge in [0.15, 0.2) is 0 Å². The molecule has 1 aromatic heterocycles. The SMILES string of the molecule is CCCC(=O)N(Cc1ccco1)CC(F)(F)F. The molecule has 17 heavy (non-hydrogen) atoms. The van der Waals surface area contributed by atoms with E-state index >= 15 is 0 Å². The highest BCUT2D eigenvalue weighted by atomic mass is 19.4. The third-order valence-electron chi connectivity index (χ3n) is 2.11.